The van der Waals surface area contributed by atoms with Crippen molar-refractivity contribution in [1.82, 2.24) is 5.32 Å². The summed E-state index contributed by atoms with van der Waals surface area (Å²) in [7, 11) is 0. The van der Waals surface area contributed by atoms with Crippen molar-refractivity contribution in [2.24, 2.45) is 11.8 Å². The third kappa shape index (κ3) is 3.17. The summed E-state index contributed by atoms with van der Waals surface area (Å²) in [6.45, 7) is 6.76. The molecule has 1 aromatic rings. The number of hydrogen-bond acceptors (Lipinski definition) is 2. The lowest BCUT2D eigenvalue weighted by atomic mass is 9.80. The molecule has 0 aromatic heterocycles. The van der Waals surface area contributed by atoms with E-state index in [1.54, 1.807) is 0 Å². The summed E-state index contributed by atoms with van der Waals surface area (Å²) in [5.41, 5.74) is 1.39. The van der Waals surface area contributed by atoms with Gasteiger partial charge in [0, 0.05) is 18.5 Å². The van der Waals surface area contributed by atoms with Gasteiger partial charge in [-0.05, 0) is 49.1 Å². The Kier molecular flexibility index (Phi) is 4.30. The van der Waals surface area contributed by atoms with Gasteiger partial charge in [0.05, 0.1) is 6.61 Å². The van der Waals surface area contributed by atoms with Crippen LogP contribution in [0.2, 0.25) is 0 Å². The molecular formula is C18H27NO. The molecule has 2 aliphatic rings. The summed E-state index contributed by atoms with van der Waals surface area (Å²) in [6, 6.07) is 9.24. The fourth-order valence-electron chi connectivity index (χ4n) is 4.05. The molecule has 1 heterocycles. The molecule has 0 amide bonds. The first-order valence-electron chi connectivity index (χ1n) is 8.17. The van der Waals surface area contributed by atoms with Crippen molar-refractivity contribution in [3.05, 3.63) is 29.8 Å². The van der Waals surface area contributed by atoms with Gasteiger partial charge >= 0.3 is 0 Å². The smallest absolute Gasteiger partial charge is 0.122 e. The van der Waals surface area contributed by atoms with E-state index in [4.69, 9.17) is 4.74 Å². The maximum atomic E-state index is 5.75. The van der Waals surface area contributed by atoms with E-state index in [9.17, 15) is 0 Å². The Morgan fingerprint density at radius 1 is 1.10 bits per heavy atom. The Balaban J connectivity index is 1.59. The Morgan fingerprint density at radius 2 is 1.85 bits per heavy atom. The molecule has 2 nitrogen and oxygen atoms in total. The molecule has 3 unspecified atom stereocenters. The molecule has 2 heteroatoms. The van der Waals surface area contributed by atoms with Gasteiger partial charge in [-0.3, -0.25) is 0 Å². The van der Waals surface area contributed by atoms with Crippen LogP contribution in [0.15, 0.2) is 24.3 Å². The number of benzene rings is 1. The monoisotopic (exact) mass is 273 g/mol. The summed E-state index contributed by atoms with van der Waals surface area (Å²) in [5, 5.41) is 3.84. The zero-order chi connectivity index (χ0) is 13.9. The van der Waals surface area contributed by atoms with Gasteiger partial charge in [0.15, 0.2) is 0 Å². The van der Waals surface area contributed by atoms with Crippen LogP contribution < -0.4 is 10.1 Å². The van der Waals surface area contributed by atoms with Gasteiger partial charge in [-0.2, -0.15) is 0 Å². The first-order valence-corrected chi connectivity index (χ1v) is 8.17. The minimum absolute atomic E-state index is 0.618. The molecule has 0 saturated heterocycles. The first-order chi connectivity index (χ1) is 9.72. The van der Waals surface area contributed by atoms with Gasteiger partial charge < -0.3 is 10.1 Å². The second-order valence-electron chi connectivity index (χ2n) is 6.89. The fraction of sp³-hybridized carbons (Fsp3) is 0.667. The number of nitrogens with one attached hydrogen (secondary N) is 1. The SMILES string of the molecule is CC1CC(C)CC(NCC2CCOc3ccccc32)C1. The van der Waals surface area contributed by atoms with E-state index in [0.29, 0.717) is 12.0 Å². The minimum Gasteiger partial charge on any atom is -0.493 e. The van der Waals surface area contributed by atoms with Crippen LogP contribution in [-0.4, -0.2) is 19.2 Å². The number of fused-ring (bicyclic) bond motifs is 1. The molecule has 1 aromatic carbocycles. The van der Waals surface area contributed by atoms with E-state index in [1.165, 1.54) is 24.8 Å². The molecule has 0 bridgehead atoms. The molecule has 1 aliphatic heterocycles. The molecule has 0 radical (unpaired) electrons. The fourth-order valence-corrected chi connectivity index (χ4v) is 4.05. The van der Waals surface area contributed by atoms with Crippen molar-refractivity contribution in [3.8, 4) is 5.75 Å². The lowest BCUT2D eigenvalue weighted by Gasteiger charge is -2.34. The average Bonchev–Trinajstić information content (AvgIpc) is 2.44. The van der Waals surface area contributed by atoms with Gasteiger partial charge in [0.1, 0.15) is 5.75 Å². The van der Waals surface area contributed by atoms with Crippen LogP contribution in [0, 0.1) is 11.8 Å². The van der Waals surface area contributed by atoms with Crippen LogP contribution >= 0.6 is 0 Å². The highest BCUT2D eigenvalue weighted by Crippen LogP contribution is 2.34. The molecule has 3 rings (SSSR count). The van der Waals surface area contributed by atoms with E-state index in [2.05, 4.69) is 43.4 Å². The maximum absolute atomic E-state index is 5.75. The number of ether oxygens (including phenoxy) is 1. The molecule has 1 N–H and O–H groups in total. The number of hydrogen-bond donors (Lipinski definition) is 1. The largest absolute Gasteiger partial charge is 0.493 e. The van der Waals surface area contributed by atoms with Gasteiger partial charge in [0.2, 0.25) is 0 Å². The zero-order valence-corrected chi connectivity index (χ0v) is 12.8. The maximum Gasteiger partial charge on any atom is 0.122 e. The Morgan fingerprint density at radius 3 is 2.65 bits per heavy atom. The predicted octanol–water partition coefficient (Wildman–Crippen LogP) is 3.97. The predicted molar refractivity (Wildman–Crippen MR) is 83.3 cm³/mol. The van der Waals surface area contributed by atoms with Gasteiger partial charge in [-0.25, -0.2) is 0 Å². The van der Waals surface area contributed by atoms with E-state index in [0.717, 1.165) is 37.2 Å². The number of rotatable bonds is 3. The lowest BCUT2D eigenvalue weighted by molar-refractivity contribution is 0.225. The van der Waals surface area contributed by atoms with Gasteiger partial charge in [-0.15, -0.1) is 0 Å². The molecule has 3 atom stereocenters. The topological polar surface area (TPSA) is 21.3 Å². The normalized spacial score (nSPS) is 33.3. The van der Waals surface area contributed by atoms with Crippen molar-refractivity contribution in [2.75, 3.05) is 13.2 Å². The molecular weight excluding hydrogens is 246 g/mol. The average molecular weight is 273 g/mol. The highest BCUT2D eigenvalue weighted by atomic mass is 16.5. The Bertz CT molecular complexity index is 435. The van der Waals surface area contributed by atoms with E-state index in [1.807, 2.05) is 0 Å². The van der Waals surface area contributed by atoms with Crippen LogP contribution in [0.5, 0.6) is 5.75 Å². The zero-order valence-electron chi connectivity index (χ0n) is 12.8. The van der Waals surface area contributed by atoms with Crippen LogP contribution in [-0.2, 0) is 0 Å². The van der Waals surface area contributed by atoms with Crippen LogP contribution in [0.1, 0.15) is 51.0 Å². The summed E-state index contributed by atoms with van der Waals surface area (Å²) in [4.78, 5) is 0. The van der Waals surface area contributed by atoms with Crippen molar-refractivity contribution in [3.63, 3.8) is 0 Å². The van der Waals surface area contributed by atoms with E-state index < -0.39 is 0 Å². The molecule has 0 spiro atoms. The van der Waals surface area contributed by atoms with Crippen molar-refractivity contribution in [2.45, 2.75) is 51.5 Å². The van der Waals surface area contributed by atoms with Crippen molar-refractivity contribution >= 4 is 0 Å². The first kappa shape index (κ1) is 13.9. The second kappa shape index (κ2) is 6.17. The highest BCUT2D eigenvalue weighted by molar-refractivity contribution is 5.37. The van der Waals surface area contributed by atoms with Crippen molar-refractivity contribution in [1.29, 1.82) is 0 Å². The summed E-state index contributed by atoms with van der Waals surface area (Å²) >= 11 is 0. The molecule has 20 heavy (non-hydrogen) atoms. The quantitative estimate of drug-likeness (QED) is 0.900. The van der Waals surface area contributed by atoms with Gasteiger partial charge in [0.25, 0.3) is 0 Å². The van der Waals surface area contributed by atoms with Crippen LogP contribution in [0.25, 0.3) is 0 Å². The summed E-state index contributed by atoms with van der Waals surface area (Å²) < 4.78 is 5.75. The molecule has 110 valence electrons. The van der Waals surface area contributed by atoms with E-state index in [-0.39, 0.29) is 0 Å². The summed E-state index contributed by atoms with van der Waals surface area (Å²) in [5.74, 6) is 3.46. The third-order valence-corrected chi connectivity index (χ3v) is 4.91. The number of para-hydroxylation sites is 1. The third-order valence-electron chi connectivity index (χ3n) is 4.91. The Hall–Kier alpha value is -1.02. The second-order valence-corrected chi connectivity index (χ2v) is 6.89. The minimum atomic E-state index is 0.618. The van der Waals surface area contributed by atoms with Gasteiger partial charge in [-0.1, -0.05) is 32.0 Å². The molecule has 1 fully saturated rings. The van der Waals surface area contributed by atoms with E-state index >= 15 is 0 Å². The Labute approximate surface area is 122 Å². The van der Waals surface area contributed by atoms with Crippen LogP contribution in [0.4, 0.5) is 0 Å². The lowest BCUT2D eigenvalue weighted by Crippen LogP contribution is -2.39. The molecule has 1 aliphatic carbocycles. The van der Waals surface area contributed by atoms with Crippen molar-refractivity contribution < 1.29 is 4.74 Å². The highest BCUT2D eigenvalue weighted by Gasteiger charge is 2.26. The van der Waals surface area contributed by atoms with Crippen LogP contribution in [0.3, 0.4) is 0 Å². The standard InChI is InChI=1S/C18H27NO/c1-13-9-14(2)11-16(10-13)19-12-15-7-8-20-18-6-4-3-5-17(15)18/h3-6,13-16,19H,7-12H2,1-2H3. The molecule has 1 saturated carbocycles. The summed E-state index contributed by atoms with van der Waals surface area (Å²) in [6.07, 6.45) is 5.23.